The van der Waals surface area contributed by atoms with Crippen molar-refractivity contribution in [2.24, 2.45) is 0 Å². The largest absolute Gasteiger partial charge is 0.324 e. The third-order valence-electron chi connectivity index (χ3n) is 5.59. The van der Waals surface area contributed by atoms with Gasteiger partial charge in [0.25, 0.3) is 5.91 Å². The first-order valence-corrected chi connectivity index (χ1v) is 10.9. The fourth-order valence-electron chi connectivity index (χ4n) is 3.56. The molecule has 8 nitrogen and oxygen atoms in total. The maximum atomic E-state index is 12.8. The van der Waals surface area contributed by atoms with Crippen LogP contribution in [-0.4, -0.2) is 45.1 Å². The molecule has 34 heavy (non-hydrogen) atoms. The third kappa shape index (κ3) is 5.54. The van der Waals surface area contributed by atoms with Crippen LogP contribution in [0.15, 0.2) is 91.5 Å². The first kappa shape index (κ1) is 22.9. The van der Waals surface area contributed by atoms with Crippen molar-refractivity contribution in [1.82, 2.24) is 19.7 Å². The van der Waals surface area contributed by atoms with Crippen molar-refractivity contribution in [2.45, 2.75) is 13.0 Å². The van der Waals surface area contributed by atoms with Crippen LogP contribution in [-0.2, 0) is 4.79 Å². The summed E-state index contributed by atoms with van der Waals surface area (Å²) in [5, 5.41) is 9.87. The Morgan fingerprint density at radius 2 is 1.65 bits per heavy atom. The first-order chi connectivity index (χ1) is 16.5. The van der Waals surface area contributed by atoms with E-state index in [2.05, 4.69) is 20.7 Å². The standard InChI is InChI=1S/C26H26N6O2/c1-19(20-12-14-22(15-13-20)32-18-27-17-28-32)31(2)16-25(33)30-24-11-7-6-10-23(24)26(34)29-21-8-4-3-5-9-21/h3-15,17-19H,16H2,1-2H3,(H,29,34)(H,30,33)/t19-/m0/s1. The van der Waals surface area contributed by atoms with Gasteiger partial charge in [-0.25, -0.2) is 9.67 Å². The highest BCUT2D eigenvalue weighted by atomic mass is 16.2. The SMILES string of the molecule is C[C@@H](c1ccc(-n2cncn2)cc1)N(C)CC(=O)Nc1ccccc1C(=O)Nc1ccccc1. The lowest BCUT2D eigenvalue weighted by Crippen LogP contribution is -2.32. The van der Waals surface area contributed by atoms with Crippen LogP contribution >= 0.6 is 0 Å². The fraction of sp³-hybridized carbons (Fsp3) is 0.154. The Kier molecular flexibility index (Phi) is 7.10. The number of rotatable bonds is 8. The first-order valence-electron chi connectivity index (χ1n) is 10.9. The van der Waals surface area contributed by atoms with Gasteiger partial charge in [-0.15, -0.1) is 0 Å². The van der Waals surface area contributed by atoms with Crippen LogP contribution < -0.4 is 10.6 Å². The molecule has 0 unspecified atom stereocenters. The van der Waals surface area contributed by atoms with Gasteiger partial charge in [-0.2, -0.15) is 5.10 Å². The van der Waals surface area contributed by atoms with E-state index in [1.807, 2.05) is 73.5 Å². The molecule has 0 saturated heterocycles. The maximum absolute atomic E-state index is 12.8. The zero-order valence-corrected chi connectivity index (χ0v) is 19.1. The summed E-state index contributed by atoms with van der Waals surface area (Å²) >= 11 is 0. The van der Waals surface area contributed by atoms with Crippen LogP contribution in [0.2, 0.25) is 0 Å². The Morgan fingerprint density at radius 3 is 2.35 bits per heavy atom. The third-order valence-corrected chi connectivity index (χ3v) is 5.59. The maximum Gasteiger partial charge on any atom is 0.257 e. The van der Waals surface area contributed by atoms with Gasteiger partial charge in [0.2, 0.25) is 5.91 Å². The Labute approximate surface area is 198 Å². The Morgan fingerprint density at radius 1 is 0.941 bits per heavy atom. The number of hydrogen-bond donors (Lipinski definition) is 2. The van der Waals surface area contributed by atoms with Crippen molar-refractivity contribution in [3.8, 4) is 5.69 Å². The van der Waals surface area contributed by atoms with Gasteiger partial charge in [-0.1, -0.05) is 42.5 Å². The Bertz CT molecular complexity index is 1240. The molecular weight excluding hydrogens is 428 g/mol. The molecule has 1 aromatic heterocycles. The average Bonchev–Trinajstić information content (AvgIpc) is 3.39. The molecule has 1 atom stereocenters. The molecule has 172 valence electrons. The number of hydrogen-bond acceptors (Lipinski definition) is 5. The number of para-hydroxylation sites is 2. The summed E-state index contributed by atoms with van der Waals surface area (Å²) in [6.45, 7) is 2.21. The number of amides is 2. The number of carbonyl (C=O) groups is 2. The highest BCUT2D eigenvalue weighted by Gasteiger charge is 2.18. The van der Waals surface area contributed by atoms with E-state index in [0.717, 1.165) is 11.3 Å². The normalized spacial score (nSPS) is 11.7. The van der Waals surface area contributed by atoms with E-state index in [0.29, 0.717) is 16.9 Å². The summed E-state index contributed by atoms with van der Waals surface area (Å²) in [6.07, 6.45) is 3.14. The predicted molar refractivity (Wildman–Crippen MR) is 132 cm³/mol. The molecular formula is C26H26N6O2. The summed E-state index contributed by atoms with van der Waals surface area (Å²) in [4.78, 5) is 31.5. The number of nitrogens with zero attached hydrogens (tertiary/aromatic N) is 4. The second-order valence-corrected chi connectivity index (χ2v) is 7.94. The molecule has 0 spiro atoms. The van der Waals surface area contributed by atoms with Crippen LogP contribution in [0, 0.1) is 0 Å². The lowest BCUT2D eigenvalue weighted by Gasteiger charge is -2.25. The van der Waals surface area contributed by atoms with Crippen molar-refractivity contribution in [3.63, 3.8) is 0 Å². The van der Waals surface area contributed by atoms with Crippen LogP contribution in [0.5, 0.6) is 0 Å². The summed E-state index contributed by atoms with van der Waals surface area (Å²) in [5.74, 6) is -0.482. The minimum absolute atomic E-state index is 0.00664. The van der Waals surface area contributed by atoms with E-state index in [4.69, 9.17) is 0 Å². The summed E-state index contributed by atoms with van der Waals surface area (Å²) in [5.41, 5.74) is 3.55. The quantitative estimate of drug-likeness (QED) is 0.417. The van der Waals surface area contributed by atoms with Crippen molar-refractivity contribution in [3.05, 3.63) is 103 Å². The van der Waals surface area contributed by atoms with Gasteiger partial charge in [-0.05, 0) is 55.9 Å². The molecule has 0 saturated carbocycles. The van der Waals surface area contributed by atoms with E-state index < -0.39 is 0 Å². The lowest BCUT2D eigenvalue weighted by molar-refractivity contribution is -0.117. The molecule has 0 radical (unpaired) electrons. The van der Waals surface area contributed by atoms with E-state index in [-0.39, 0.29) is 24.4 Å². The molecule has 3 aromatic carbocycles. The van der Waals surface area contributed by atoms with E-state index in [1.54, 1.807) is 35.3 Å². The number of aromatic nitrogens is 3. The number of benzene rings is 3. The molecule has 8 heteroatoms. The number of likely N-dealkylation sites (N-methyl/N-ethyl adjacent to an activating group) is 1. The van der Waals surface area contributed by atoms with Crippen LogP contribution in [0.1, 0.15) is 28.9 Å². The van der Waals surface area contributed by atoms with Gasteiger partial charge in [0.1, 0.15) is 12.7 Å². The lowest BCUT2D eigenvalue weighted by atomic mass is 10.1. The molecule has 0 aliphatic rings. The Hall–Kier alpha value is -4.30. The van der Waals surface area contributed by atoms with Crippen molar-refractivity contribution in [1.29, 1.82) is 0 Å². The van der Waals surface area contributed by atoms with Gasteiger partial charge in [-0.3, -0.25) is 14.5 Å². The highest BCUT2D eigenvalue weighted by molar-refractivity contribution is 6.10. The monoisotopic (exact) mass is 454 g/mol. The Balaban J connectivity index is 1.38. The predicted octanol–water partition coefficient (Wildman–Crippen LogP) is 4.15. The zero-order chi connectivity index (χ0) is 23.9. The molecule has 0 bridgehead atoms. The molecule has 0 aliphatic heterocycles. The van der Waals surface area contributed by atoms with Crippen molar-refractivity contribution >= 4 is 23.2 Å². The van der Waals surface area contributed by atoms with Crippen LogP contribution in [0.4, 0.5) is 11.4 Å². The van der Waals surface area contributed by atoms with E-state index in [1.165, 1.54) is 6.33 Å². The minimum Gasteiger partial charge on any atom is -0.324 e. The van der Waals surface area contributed by atoms with Gasteiger partial charge < -0.3 is 10.6 Å². The molecule has 1 heterocycles. The van der Waals surface area contributed by atoms with Crippen molar-refractivity contribution in [2.75, 3.05) is 24.2 Å². The second-order valence-electron chi connectivity index (χ2n) is 7.94. The van der Waals surface area contributed by atoms with Gasteiger partial charge >= 0.3 is 0 Å². The smallest absolute Gasteiger partial charge is 0.257 e. The summed E-state index contributed by atoms with van der Waals surface area (Å²) in [7, 11) is 1.89. The number of carbonyl (C=O) groups excluding carboxylic acids is 2. The molecule has 0 fully saturated rings. The van der Waals surface area contributed by atoms with E-state index in [9.17, 15) is 9.59 Å². The average molecular weight is 455 g/mol. The number of anilines is 2. The zero-order valence-electron chi connectivity index (χ0n) is 19.1. The highest BCUT2D eigenvalue weighted by Crippen LogP contribution is 2.21. The molecule has 2 amide bonds. The summed E-state index contributed by atoms with van der Waals surface area (Å²) < 4.78 is 1.69. The molecule has 0 aliphatic carbocycles. The molecule has 4 rings (SSSR count). The summed E-state index contributed by atoms with van der Waals surface area (Å²) in [6, 6.07) is 24.2. The van der Waals surface area contributed by atoms with Gasteiger partial charge in [0.15, 0.2) is 0 Å². The van der Waals surface area contributed by atoms with Gasteiger partial charge in [0, 0.05) is 11.7 Å². The molecule has 2 N–H and O–H groups in total. The topological polar surface area (TPSA) is 92.2 Å². The minimum atomic E-state index is -0.281. The molecule has 4 aromatic rings. The van der Waals surface area contributed by atoms with E-state index >= 15 is 0 Å². The fourth-order valence-corrected chi connectivity index (χ4v) is 3.56. The number of nitrogens with one attached hydrogen (secondary N) is 2. The van der Waals surface area contributed by atoms with Crippen LogP contribution in [0.25, 0.3) is 5.69 Å². The van der Waals surface area contributed by atoms with Gasteiger partial charge in [0.05, 0.1) is 23.5 Å². The second kappa shape index (κ2) is 10.5. The van der Waals surface area contributed by atoms with Crippen LogP contribution in [0.3, 0.4) is 0 Å². The van der Waals surface area contributed by atoms with Crippen molar-refractivity contribution < 1.29 is 9.59 Å².